The number of H-pyrrole nitrogens is 1. The number of nitrogens with zero attached hydrogens (tertiary/aromatic N) is 4. The van der Waals surface area contributed by atoms with E-state index in [0.717, 1.165) is 12.4 Å². The van der Waals surface area contributed by atoms with E-state index in [1.54, 1.807) is 11.6 Å². The zero-order valence-electron chi connectivity index (χ0n) is 10.7. The Morgan fingerprint density at radius 2 is 2.19 bits per heavy atom. The van der Waals surface area contributed by atoms with Gasteiger partial charge in [0, 0.05) is 13.2 Å². The molecule has 0 fully saturated rings. The third-order valence-electron chi connectivity index (χ3n) is 3.02. The molecule has 2 N–H and O–H groups in total. The lowest BCUT2D eigenvalue weighted by atomic mass is 10.1. The number of ketones is 1. The fourth-order valence-electron chi connectivity index (χ4n) is 2.07. The number of halogens is 1. The largest absolute Gasteiger partial charge is 0.475 e. The molecule has 0 aliphatic rings. The molecule has 106 valence electrons. The third-order valence-corrected chi connectivity index (χ3v) is 3.02. The van der Waals surface area contributed by atoms with Crippen molar-refractivity contribution in [3.63, 3.8) is 0 Å². The summed E-state index contributed by atoms with van der Waals surface area (Å²) in [6, 6.07) is 0. The molecule has 0 aromatic carbocycles. The topological polar surface area (TPSA) is 114 Å². The number of aromatic nitrogens is 5. The van der Waals surface area contributed by atoms with Crippen LogP contribution in [0.1, 0.15) is 10.4 Å². The summed E-state index contributed by atoms with van der Waals surface area (Å²) in [5, 5.41) is 16.2. The Morgan fingerprint density at radius 1 is 1.43 bits per heavy atom. The average Bonchev–Trinajstić information content (AvgIpc) is 3.05. The number of carbonyl (C=O) groups is 2. The number of hydrogen-bond acceptors (Lipinski definition) is 5. The summed E-state index contributed by atoms with van der Waals surface area (Å²) in [5.74, 6) is -3.29. The van der Waals surface area contributed by atoms with Gasteiger partial charge in [-0.2, -0.15) is 0 Å². The highest BCUT2D eigenvalue weighted by molar-refractivity contribution is 6.42. The maximum atomic E-state index is 14.0. The number of pyridine rings is 1. The number of nitrogens with one attached hydrogen (secondary N) is 1. The smallest absolute Gasteiger partial charge is 0.377 e. The van der Waals surface area contributed by atoms with Gasteiger partial charge in [0.15, 0.2) is 11.6 Å². The molecule has 0 radical (unpaired) electrons. The molecule has 3 aromatic heterocycles. The van der Waals surface area contributed by atoms with Crippen LogP contribution >= 0.6 is 0 Å². The Hall–Kier alpha value is -3.10. The van der Waals surface area contributed by atoms with Gasteiger partial charge in [0.2, 0.25) is 0 Å². The van der Waals surface area contributed by atoms with Crippen LogP contribution < -0.4 is 0 Å². The van der Waals surface area contributed by atoms with E-state index in [-0.39, 0.29) is 22.2 Å². The summed E-state index contributed by atoms with van der Waals surface area (Å²) >= 11 is 0. The Balaban J connectivity index is 2.32. The minimum Gasteiger partial charge on any atom is -0.475 e. The molecule has 0 spiro atoms. The highest BCUT2D eigenvalue weighted by atomic mass is 19.1. The minimum atomic E-state index is -1.66. The molecule has 0 unspecified atom stereocenters. The number of carbonyl (C=O) groups excluding carboxylic acids is 1. The fourth-order valence-corrected chi connectivity index (χ4v) is 2.07. The Bertz CT molecular complexity index is 882. The SMILES string of the molecule is Cn1cnnc1-c1ncc(F)c2c(C(=O)C(=O)O)c[nH]c12. The van der Waals surface area contributed by atoms with Crippen molar-refractivity contribution in [2.45, 2.75) is 0 Å². The predicted octanol–water partition coefficient (Wildman–Crippen LogP) is 0.765. The van der Waals surface area contributed by atoms with Crippen molar-refractivity contribution in [2.75, 3.05) is 0 Å². The molecule has 9 heteroatoms. The first-order valence-corrected chi connectivity index (χ1v) is 5.78. The summed E-state index contributed by atoms with van der Waals surface area (Å²) in [4.78, 5) is 29.0. The van der Waals surface area contributed by atoms with Gasteiger partial charge in [-0.3, -0.25) is 4.79 Å². The molecule has 0 atom stereocenters. The van der Waals surface area contributed by atoms with Crippen molar-refractivity contribution in [1.82, 2.24) is 24.7 Å². The molecule has 3 heterocycles. The van der Waals surface area contributed by atoms with Crippen LogP contribution in [0.3, 0.4) is 0 Å². The Morgan fingerprint density at radius 3 is 2.81 bits per heavy atom. The molecule has 0 bridgehead atoms. The lowest BCUT2D eigenvalue weighted by molar-refractivity contribution is -0.131. The van der Waals surface area contributed by atoms with E-state index in [4.69, 9.17) is 5.11 Å². The highest BCUT2D eigenvalue weighted by Gasteiger charge is 2.24. The number of aryl methyl sites for hydroxylation is 1. The first-order valence-electron chi connectivity index (χ1n) is 5.78. The molecular weight excluding hydrogens is 281 g/mol. The van der Waals surface area contributed by atoms with Crippen molar-refractivity contribution in [3.05, 3.63) is 30.1 Å². The molecule has 21 heavy (non-hydrogen) atoms. The minimum absolute atomic E-state index is 0.129. The first kappa shape index (κ1) is 12.9. The number of carboxylic acids is 1. The third kappa shape index (κ3) is 1.86. The number of Topliss-reactive ketones (excluding diaryl/α,β-unsaturated/α-hetero) is 1. The molecule has 0 aliphatic heterocycles. The van der Waals surface area contributed by atoms with Gasteiger partial charge in [0.1, 0.15) is 12.0 Å². The second-order valence-electron chi connectivity index (χ2n) is 4.31. The van der Waals surface area contributed by atoms with Crippen LogP contribution in [0.15, 0.2) is 18.7 Å². The van der Waals surface area contributed by atoms with Gasteiger partial charge in [-0.15, -0.1) is 10.2 Å². The molecule has 3 rings (SSSR count). The van der Waals surface area contributed by atoms with E-state index < -0.39 is 17.6 Å². The molecule has 8 nitrogen and oxygen atoms in total. The molecule has 0 aliphatic carbocycles. The molecule has 0 amide bonds. The number of hydrogen-bond donors (Lipinski definition) is 2. The van der Waals surface area contributed by atoms with Gasteiger partial charge in [0.05, 0.1) is 22.7 Å². The zero-order valence-corrected chi connectivity index (χ0v) is 10.7. The van der Waals surface area contributed by atoms with Crippen LogP contribution in [0, 0.1) is 5.82 Å². The van der Waals surface area contributed by atoms with Crippen LogP contribution in [0.25, 0.3) is 22.4 Å². The van der Waals surface area contributed by atoms with Crippen LogP contribution in [0.5, 0.6) is 0 Å². The Kier molecular flexibility index (Phi) is 2.75. The zero-order chi connectivity index (χ0) is 15.1. The van der Waals surface area contributed by atoms with Gasteiger partial charge in [-0.25, -0.2) is 14.2 Å². The second kappa shape index (κ2) is 4.47. The van der Waals surface area contributed by atoms with Crippen molar-refractivity contribution in [3.8, 4) is 11.5 Å². The van der Waals surface area contributed by atoms with Crippen LogP contribution in [0.2, 0.25) is 0 Å². The number of rotatable bonds is 3. The average molecular weight is 289 g/mol. The maximum absolute atomic E-state index is 14.0. The predicted molar refractivity (Wildman–Crippen MR) is 68.0 cm³/mol. The van der Waals surface area contributed by atoms with E-state index >= 15 is 0 Å². The normalized spacial score (nSPS) is 11.0. The van der Waals surface area contributed by atoms with Gasteiger partial charge in [-0.1, -0.05) is 0 Å². The second-order valence-corrected chi connectivity index (χ2v) is 4.31. The highest BCUT2D eigenvalue weighted by Crippen LogP contribution is 2.28. The van der Waals surface area contributed by atoms with Crippen molar-refractivity contribution < 1.29 is 19.1 Å². The van der Waals surface area contributed by atoms with Gasteiger partial charge >= 0.3 is 5.97 Å². The number of aromatic amines is 1. The standard InChI is InChI=1S/C12H8FN5O3/c1-18-4-16-17-11(18)9-8-7(6(13)3-15-9)5(2-14-8)10(19)12(20)21/h2-4,14H,1H3,(H,20,21). The first-order chi connectivity index (χ1) is 10.0. The summed E-state index contributed by atoms with van der Waals surface area (Å²) < 4.78 is 15.5. The summed E-state index contributed by atoms with van der Waals surface area (Å²) in [7, 11) is 1.68. The lowest BCUT2D eigenvalue weighted by Gasteiger charge is -2.03. The van der Waals surface area contributed by atoms with E-state index in [1.165, 1.54) is 6.33 Å². The van der Waals surface area contributed by atoms with Crippen LogP contribution in [-0.4, -0.2) is 41.6 Å². The monoisotopic (exact) mass is 289 g/mol. The van der Waals surface area contributed by atoms with Gasteiger partial charge in [0.25, 0.3) is 5.78 Å². The number of fused-ring (bicyclic) bond motifs is 1. The van der Waals surface area contributed by atoms with E-state index in [1.807, 2.05) is 0 Å². The quantitative estimate of drug-likeness (QED) is 0.543. The number of carboxylic acid groups (broad SMARTS) is 1. The van der Waals surface area contributed by atoms with E-state index in [0.29, 0.717) is 5.82 Å². The van der Waals surface area contributed by atoms with E-state index in [9.17, 15) is 14.0 Å². The van der Waals surface area contributed by atoms with Gasteiger partial charge < -0.3 is 14.7 Å². The fraction of sp³-hybridized carbons (Fsp3) is 0.0833. The van der Waals surface area contributed by atoms with Crippen LogP contribution in [0.4, 0.5) is 4.39 Å². The summed E-state index contributed by atoms with van der Waals surface area (Å²) in [6.45, 7) is 0. The van der Waals surface area contributed by atoms with Crippen LogP contribution in [-0.2, 0) is 11.8 Å². The lowest BCUT2D eigenvalue weighted by Crippen LogP contribution is -2.12. The van der Waals surface area contributed by atoms with E-state index in [2.05, 4.69) is 20.2 Å². The Labute approximate surface area is 116 Å². The summed E-state index contributed by atoms with van der Waals surface area (Å²) in [6.07, 6.45) is 3.50. The molecule has 0 saturated heterocycles. The number of aliphatic carboxylic acids is 1. The van der Waals surface area contributed by atoms with Crippen molar-refractivity contribution in [1.29, 1.82) is 0 Å². The molecule has 3 aromatic rings. The molecular formula is C12H8FN5O3. The summed E-state index contributed by atoms with van der Waals surface area (Å²) in [5.41, 5.74) is 0.201. The van der Waals surface area contributed by atoms with Crippen molar-refractivity contribution in [2.24, 2.45) is 7.05 Å². The van der Waals surface area contributed by atoms with Gasteiger partial charge in [-0.05, 0) is 0 Å². The molecule has 0 saturated carbocycles. The maximum Gasteiger partial charge on any atom is 0.377 e. The van der Waals surface area contributed by atoms with Crippen molar-refractivity contribution >= 4 is 22.7 Å².